The lowest BCUT2D eigenvalue weighted by Gasteiger charge is -2.66. The molecule has 3 saturated carbocycles. The number of methoxy groups -OCH3 is 2. The van der Waals surface area contributed by atoms with Crippen LogP contribution >= 0.6 is 0 Å². The Morgan fingerprint density at radius 1 is 0.687 bits per heavy atom. The second-order valence-corrected chi connectivity index (χ2v) is 25.4. The van der Waals surface area contributed by atoms with E-state index in [1.165, 1.54) is 20.2 Å². The van der Waals surface area contributed by atoms with Gasteiger partial charge in [-0.15, -0.1) is 0 Å². The molecule has 29 atom stereocenters. The Balaban J connectivity index is 0.704. The molecule has 468 valence electrons. The van der Waals surface area contributed by atoms with Crippen LogP contribution in [0, 0.1) is 22.7 Å². The Morgan fingerprint density at radius 2 is 1.24 bits per heavy atom. The molecule has 0 aromatic carbocycles. The third-order valence-corrected chi connectivity index (χ3v) is 20.6. The number of hydrogen-bond donors (Lipinski definition) is 8. The molecule has 0 bridgehead atoms. The van der Waals surface area contributed by atoms with Crippen molar-refractivity contribution < 1.29 is 112 Å². The molecule has 6 heterocycles. The van der Waals surface area contributed by atoms with Gasteiger partial charge in [-0.2, -0.15) is 0 Å². The number of hydrogen-bond acceptors (Lipinski definition) is 24. The van der Waals surface area contributed by atoms with Crippen LogP contribution in [0.1, 0.15) is 129 Å². The molecule has 24 nitrogen and oxygen atoms in total. The van der Waals surface area contributed by atoms with Gasteiger partial charge in [-0.3, -0.25) is 9.78 Å². The summed E-state index contributed by atoms with van der Waals surface area (Å²) >= 11 is 0. The molecule has 5 aliphatic heterocycles. The molecule has 10 rings (SSSR count). The Bertz CT molecular complexity index is 2400. The normalized spacial score (nSPS) is 50.1. The highest BCUT2D eigenvalue weighted by Gasteiger charge is 2.77. The summed E-state index contributed by atoms with van der Waals surface area (Å²) in [7, 11) is 3.07. The Hall–Kier alpha value is -2.77. The maximum absolute atomic E-state index is 13.7. The second kappa shape index (κ2) is 25.0. The van der Waals surface area contributed by atoms with Gasteiger partial charge in [-0.25, -0.2) is 4.79 Å². The van der Waals surface area contributed by atoms with E-state index in [1.54, 1.807) is 53.1 Å². The van der Waals surface area contributed by atoms with E-state index in [4.69, 9.17) is 61.6 Å². The van der Waals surface area contributed by atoms with Crippen molar-refractivity contribution in [1.82, 2.24) is 4.98 Å². The van der Waals surface area contributed by atoms with E-state index in [0.717, 1.165) is 5.57 Å². The van der Waals surface area contributed by atoms with Crippen molar-refractivity contribution in [1.29, 1.82) is 0 Å². The summed E-state index contributed by atoms with van der Waals surface area (Å²) in [5.41, 5.74) is -3.78. The molecule has 83 heavy (non-hydrogen) atoms. The third-order valence-electron chi connectivity index (χ3n) is 20.6. The molecule has 8 fully saturated rings. The number of rotatable bonds is 16. The number of Topliss-reactive ketones (excluding diaryl/α,β-unsaturated/α-hetero) is 1. The number of carbonyl (C=O) groups is 2. The van der Waals surface area contributed by atoms with Gasteiger partial charge in [0.25, 0.3) is 0 Å². The predicted molar refractivity (Wildman–Crippen MR) is 285 cm³/mol. The summed E-state index contributed by atoms with van der Waals surface area (Å²) in [6.45, 7) is 11.9. The fraction of sp³-hybridized carbons (Fsp3) is 0.847. The average molecular weight is 1180 g/mol. The smallest absolute Gasteiger partial charge is 0.339 e. The molecule has 0 amide bonds. The first-order chi connectivity index (χ1) is 39.4. The standard InChI is InChI=1S/C59H89NO23/c1-27(62)35-14-17-59(70)57(35,7)42(79-54(68)32-11-10-18-60-25-32)24-41-56(6)15-13-34(19-33(56)12-16-58(41,59)69)77-45-22-38(71-8)52(30(4)75-45)82-44-21-37(64)50(28(2)74-44)80-43-20-36(63)51(29(3)73-43)81-46-23-39(72-9)53(31(5)76-46)83-55-49(67)48(66)47(65)40(26-61)78-55/h10-12,18,25,28-31,34-53,55,61,63-67,69-70H,13-17,19-24,26H2,1-9H3/t28-,29-,30-,31-,34-,35-,36-,37-,38-,39+,40+,41-,42+,43+,44+,45+,46+,47+,48+,49+,50-,51-,52-,53-,55+,56+,57+,58-,59+/m1/s1. The number of carbonyl (C=O) groups excluding carboxylic acids is 2. The lowest BCUT2D eigenvalue weighted by molar-refractivity contribution is -0.357. The first kappa shape index (κ1) is 63.3. The zero-order valence-electron chi connectivity index (χ0n) is 49.0. The maximum atomic E-state index is 13.7. The van der Waals surface area contributed by atoms with Gasteiger partial charge in [0, 0.05) is 69.5 Å². The first-order valence-electron chi connectivity index (χ1n) is 29.7. The number of pyridine rings is 1. The number of ether oxygens (including phenoxy) is 13. The van der Waals surface area contributed by atoms with E-state index >= 15 is 0 Å². The number of fused-ring (bicyclic) bond motifs is 5. The highest BCUT2D eigenvalue weighted by molar-refractivity contribution is 5.89. The van der Waals surface area contributed by atoms with Gasteiger partial charge in [-0.1, -0.05) is 25.5 Å². The second-order valence-electron chi connectivity index (χ2n) is 25.4. The summed E-state index contributed by atoms with van der Waals surface area (Å²) in [5.74, 6) is -1.83. The molecule has 4 aliphatic carbocycles. The molecule has 0 spiro atoms. The van der Waals surface area contributed by atoms with Crippen LogP contribution in [0.3, 0.4) is 0 Å². The zero-order chi connectivity index (χ0) is 59.7. The van der Waals surface area contributed by atoms with E-state index in [2.05, 4.69) is 11.9 Å². The molecule has 0 radical (unpaired) electrons. The van der Waals surface area contributed by atoms with Crippen LogP contribution in [0.15, 0.2) is 36.2 Å². The molecular formula is C59H89NO23. The lowest BCUT2D eigenvalue weighted by Crippen LogP contribution is -2.75. The number of nitrogens with zero attached hydrogens (tertiary/aromatic N) is 1. The van der Waals surface area contributed by atoms with Gasteiger partial charge < -0.3 is 102 Å². The number of ketones is 1. The van der Waals surface area contributed by atoms with Crippen molar-refractivity contribution in [3.8, 4) is 0 Å². The van der Waals surface area contributed by atoms with Crippen LogP contribution in [0.5, 0.6) is 0 Å². The minimum atomic E-state index is -1.72. The Labute approximate surface area is 484 Å². The van der Waals surface area contributed by atoms with E-state index in [1.807, 2.05) is 13.0 Å². The lowest BCUT2D eigenvalue weighted by atomic mass is 9.43. The topological polar surface area (TPSA) is 329 Å². The molecular weight excluding hydrogens is 1090 g/mol. The van der Waals surface area contributed by atoms with E-state index in [-0.39, 0.29) is 56.0 Å². The fourth-order valence-electron chi connectivity index (χ4n) is 15.9. The number of aliphatic hydroxyl groups excluding tert-OH is 6. The van der Waals surface area contributed by atoms with Crippen molar-refractivity contribution in [2.24, 2.45) is 22.7 Å². The van der Waals surface area contributed by atoms with Gasteiger partial charge >= 0.3 is 5.97 Å². The molecule has 24 heteroatoms. The van der Waals surface area contributed by atoms with Crippen molar-refractivity contribution in [2.45, 2.75) is 272 Å². The molecule has 9 aliphatic rings. The number of esters is 1. The van der Waals surface area contributed by atoms with Gasteiger partial charge in [0.2, 0.25) is 0 Å². The molecule has 0 unspecified atom stereocenters. The van der Waals surface area contributed by atoms with Gasteiger partial charge in [0.15, 0.2) is 31.5 Å². The molecule has 1 aromatic heterocycles. The average Bonchev–Trinajstić information content (AvgIpc) is 1.67. The van der Waals surface area contributed by atoms with Crippen LogP contribution in [-0.2, 0) is 66.4 Å². The minimum absolute atomic E-state index is 0.00141. The maximum Gasteiger partial charge on any atom is 0.339 e. The van der Waals surface area contributed by atoms with Crippen LogP contribution in [-0.4, -0.2) is 231 Å². The van der Waals surface area contributed by atoms with Gasteiger partial charge in [0.05, 0.1) is 67.1 Å². The zero-order valence-corrected chi connectivity index (χ0v) is 49.0. The van der Waals surface area contributed by atoms with Gasteiger partial charge in [-0.05, 0) is 97.1 Å². The van der Waals surface area contributed by atoms with Crippen molar-refractivity contribution in [3.63, 3.8) is 0 Å². The van der Waals surface area contributed by atoms with Crippen LogP contribution in [0.4, 0.5) is 0 Å². The Kier molecular flexibility index (Phi) is 19.1. The highest BCUT2D eigenvalue weighted by Crippen LogP contribution is 2.70. The quantitative estimate of drug-likeness (QED) is 0.0861. The van der Waals surface area contributed by atoms with E-state index in [9.17, 15) is 50.4 Å². The Morgan fingerprint density at radius 3 is 1.78 bits per heavy atom. The minimum Gasteiger partial charge on any atom is -0.458 e. The van der Waals surface area contributed by atoms with Crippen molar-refractivity contribution in [3.05, 3.63) is 41.7 Å². The SMILES string of the molecule is CO[C@H]1C[C@H](O[C@H]2[C@H](O)C[C@H](O[C@H]3[C@H](O)C[C@H](O[C@@H]4[C@@H](C)O[C@@H](O[C@@H]5CC[C@@]6(C)C(=CC[C@@]7(O)[C@@H]6C[C@H](OC(=O)c6cccnc6)[C@]6(C)[C@@H](C(C)=O)CC[C@]67O)C5)C[C@H]4OC)O[C@@H]3C)O[C@@H]2C)O[C@H](C)[C@H]1O[C@@H]1O[C@@H](CO)[C@H](O)[C@H](O)[C@@H]1O. The number of aliphatic hydroxyl groups is 8. The monoisotopic (exact) mass is 1180 g/mol. The summed E-state index contributed by atoms with van der Waals surface area (Å²) in [6, 6.07) is 3.27. The highest BCUT2D eigenvalue weighted by atomic mass is 16.8. The van der Waals surface area contributed by atoms with E-state index < -0.39 is 182 Å². The molecule has 1 aromatic rings. The van der Waals surface area contributed by atoms with Gasteiger partial charge in [0.1, 0.15) is 71.9 Å². The molecule has 5 saturated heterocycles. The van der Waals surface area contributed by atoms with Crippen LogP contribution in [0.25, 0.3) is 0 Å². The van der Waals surface area contributed by atoms with E-state index in [0.29, 0.717) is 32.1 Å². The fourth-order valence-corrected chi connectivity index (χ4v) is 15.9. The largest absolute Gasteiger partial charge is 0.458 e. The summed E-state index contributed by atoms with van der Waals surface area (Å²) in [5, 5.41) is 89.5. The van der Waals surface area contributed by atoms with Crippen molar-refractivity contribution in [2.75, 3.05) is 20.8 Å². The first-order valence-corrected chi connectivity index (χ1v) is 29.7. The summed E-state index contributed by atoms with van der Waals surface area (Å²) in [6.07, 6.45) is -12.3. The summed E-state index contributed by atoms with van der Waals surface area (Å²) in [4.78, 5) is 31.0. The van der Waals surface area contributed by atoms with Crippen molar-refractivity contribution >= 4 is 11.8 Å². The van der Waals surface area contributed by atoms with Crippen LogP contribution < -0.4 is 0 Å². The van der Waals surface area contributed by atoms with Crippen LogP contribution in [0.2, 0.25) is 0 Å². The molecule has 8 N–H and O–H groups in total. The summed E-state index contributed by atoms with van der Waals surface area (Å²) < 4.78 is 80.6. The third kappa shape index (κ3) is 11.7. The number of aromatic nitrogens is 1. The predicted octanol–water partition coefficient (Wildman–Crippen LogP) is 1.63.